The summed E-state index contributed by atoms with van der Waals surface area (Å²) in [5, 5.41) is 18.5. The van der Waals surface area contributed by atoms with Gasteiger partial charge in [0.1, 0.15) is 5.75 Å². The minimum Gasteiger partial charge on any atom is -0.496 e. The molecule has 6 heteroatoms. The van der Waals surface area contributed by atoms with Crippen molar-refractivity contribution >= 4 is 11.9 Å². The number of rotatable bonds is 6. The van der Waals surface area contributed by atoms with Gasteiger partial charge in [0, 0.05) is 17.5 Å². The number of cyclic esters (lactones) is 1. The lowest BCUT2D eigenvalue weighted by atomic mass is 9.95. The van der Waals surface area contributed by atoms with E-state index < -0.39 is 18.2 Å². The van der Waals surface area contributed by atoms with Crippen molar-refractivity contribution in [1.29, 1.82) is 0 Å². The number of allylic oxidation sites excluding steroid dienone is 2. The van der Waals surface area contributed by atoms with Crippen molar-refractivity contribution in [3.05, 3.63) is 40.0 Å². The van der Waals surface area contributed by atoms with E-state index >= 15 is 0 Å². The Hall–Kier alpha value is -2.34. The van der Waals surface area contributed by atoms with Crippen LogP contribution in [0.25, 0.3) is 0 Å². The lowest BCUT2D eigenvalue weighted by molar-refractivity contribution is -0.136. The molecule has 124 valence electrons. The van der Waals surface area contributed by atoms with Crippen LogP contribution in [-0.4, -0.2) is 29.3 Å². The number of carboxylic acids is 1. The van der Waals surface area contributed by atoms with Gasteiger partial charge in [0.25, 0.3) is 0 Å². The summed E-state index contributed by atoms with van der Waals surface area (Å²) in [6, 6.07) is 1.67. The van der Waals surface area contributed by atoms with Gasteiger partial charge in [-0.15, -0.1) is 0 Å². The summed E-state index contributed by atoms with van der Waals surface area (Å²) in [5.74, 6) is -0.782. The molecule has 1 heterocycles. The Morgan fingerprint density at radius 2 is 2.13 bits per heavy atom. The van der Waals surface area contributed by atoms with Crippen LogP contribution in [0.1, 0.15) is 53.1 Å². The Balaban J connectivity index is 2.31. The first-order valence-corrected chi connectivity index (χ1v) is 7.32. The third kappa shape index (κ3) is 3.53. The smallest absolute Gasteiger partial charge is 0.341 e. The second-order valence-corrected chi connectivity index (χ2v) is 5.56. The number of ether oxygens (including phenoxy) is 2. The Bertz CT molecular complexity index is 674. The van der Waals surface area contributed by atoms with Crippen molar-refractivity contribution in [2.75, 3.05) is 7.11 Å². The first-order valence-electron chi connectivity index (χ1n) is 7.32. The van der Waals surface area contributed by atoms with Gasteiger partial charge in [0.05, 0.1) is 12.7 Å². The Morgan fingerprint density at radius 1 is 1.43 bits per heavy atom. The van der Waals surface area contributed by atoms with Gasteiger partial charge in [-0.3, -0.25) is 4.79 Å². The summed E-state index contributed by atoms with van der Waals surface area (Å²) in [6.07, 6.45) is 1.73. The number of aliphatic hydroxyl groups is 1. The molecule has 1 unspecified atom stereocenters. The van der Waals surface area contributed by atoms with Gasteiger partial charge in [-0.05, 0) is 38.3 Å². The van der Waals surface area contributed by atoms with E-state index in [0.29, 0.717) is 35.3 Å². The van der Waals surface area contributed by atoms with E-state index in [1.807, 2.05) is 13.0 Å². The number of hydrogen-bond donors (Lipinski definition) is 2. The zero-order valence-electron chi connectivity index (χ0n) is 13.4. The van der Waals surface area contributed by atoms with Crippen molar-refractivity contribution in [2.24, 2.45) is 0 Å². The molecule has 0 aliphatic carbocycles. The Morgan fingerprint density at radius 3 is 2.74 bits per heavy atom. The van der Waals surface area contributed by atoms with Crippen LogP contribution < -0.4 is 4.74 Å². The van der Waals surface area contributed by atoms with E-state index in [4.69, 9.17) is 14.6 Å². The molecule has 0 radical (unpaired) electrons. The standard InChI is InChI=1S/C17H20O6/c1-9(5-7-13(18)19)4-6-11-8-12-14(10(2)15(11)22-3)17(21)23-16(12)20/h4,8,17,21H,5-7H2,1-3H3,(H,18,19)/b9-4+. The first-order chi connectivity index (χ1) is 10.8. The zero-order chi connectivity index (χ0) is 17.1. The number of aliphatic carboxylic acids is 1. The number of methoxy groups -OCH3 is 1. The molecule has 1 aliphatic heterocycles. The van der Waals surface area contributed by atoms with Crippen molar-refractivity contribution in [3.8, 4) is 5.75 Å². The molecule has 0 fully saturated rings. The van der Waals surface area contributed by atoms with Crippen LogP contribution >= 0.6 is 0 Å². The lowest BCUT2D eigenvalue weighted by Gasteiger charge is -2.14. The maximum atomic E-state index is 11.8. The van der Waals surface area contributed by atoms with Gasteiger partial charge in [-0.1, -0.05) is 11.6 Å². The highest BCUT2D eigenvalue weighted by atomic mass is 16.6. The van der Waals surface area contributed by atoms with Gasteiger partial charge >= 0.3 is 11.9 Å². The summed E-state index contributed by atoms with van der Waals surface area (Å²) in [4.78, 5) is 22.4. The minimum atomic E-state index is -1.26. The van der Waals surface area contributed by atoms with Crippen LogP contribution in [0, 0.1) is 6.92 Å². The molecule has 2 N–H and O–H groups in total. The number of carboxylic acid groups (broad SMARTS) is 1. The molecule has 6 nitrogen and oxygen atoms in total. The van der Waals surface area contributed by atoms with E-state index in [-0.39, 0.29) is 6.42 Å². The number of hydrogen-bond acceptors (Lipinski definition) is 5. The molecule has 0 amide bonds. The second kappa shape index (κ2) is 6.83. The molecule has 1 aliphatic rings. The van der Waals surface area contributed by atoms with Gasteiger partial charge < -0.3 is 19.7 Å². The number of carbonyl (C=O) groups is 2. The molecule has 0 saturated heterocycles. The van der Waals surface area contributed by atoms with Crippen molar-refractivity contribution in [2.45, 2.75) is 39.4 Å². The quantitative estimate of drug-likeness (QED) is 0.618. The molecular weight excluding hydrogens is 300 g/mol. The van der Waals surface area contributed by atoms with E-state index in [0.717, 1.165) is 11.1 Å². The van der Waals surface area contributed by atoms with E-state index in [9.17, 15) is 14.7 Å². The molecule has 1 aromatic carbocycles. The molecule has 1 atom stereocenters. The van der Waals surface area contributed by atoms with Crippen LogP contribution in [0.4, 0.5) is 0 Å². The van der Waals surface area contributed by atoms with E-state index in [1.165, 1.54) is 7.11 Å². The topological polar surface area (TPSA) is 93.1 Å². The van der Waals surface area contributed by atoms with E-state index in [2.05, 4.69) is 0 Å². The number of carbonyl (C=O) groups excluding carboxylic acids is 1. The number of esters is 1. The number of benzene rings is 1. The third-order valence-corrected chi connectivity index (χ3v) is 3.94. The number of fused-ring (bicyclic) bond motifs is 1. The molecule has 1 aromatic rings. The fourth-order valence-corrected chi connectivity index (χ4v) is 2.72. The first kappa shape index (κ1) is 17.0. The van der Waals surface area contributed by atoms with Crippen molar-refractivity contribution in [1.82, 2.24) is 0 Å². The van der Waals surface area contributed by atoms with Gasteiger partial charge in [-0.25, -0.2) is 4.79 Å². The highest BCUT2D eigenvalue weighted by Gasteiger charge is 2.33. The van der Waals surface area contributed by atoms with Gasteiger partial charge in [0.2, 0.25) is 6.29 Å². The van der Waals surface area contributed by atoms with Crippen molar-refractivity contribution < 1.29 is 29.3 Å². The highest BCUT2D eigenvalue weighted by molar-refractivity contribution is 5.95. The largest absolute Gasteiger partial charge is 0.496 e. The third-order valence-electron chi connectivity index (χ3n) is 3.94. The van der Waals surface area contributed by atoms with E-state index in [1.54, 1.807) is 13.0 Å². The summed E-state index contributed by atoms with van der Waals surface area (Å²) in [7, 11) is 1.53. The second-order valence-electron chi connectivity index (χ2n) is 5.56. The minimum absolute atomic E-state index is 0.0845. The molecule has 2 rings (SSSR count). The predicted octanol–water partition coefficient (Wildman–Crippen LogP) is 2.52. The van der Waals surface area contributed by atoms with Crippen LogP contribution in [0.3, 0.4) is 0 Å². The van der Waals surface area contributed by atoms with Crippen LogP contribution in [-0.2, 0) is 16.0 Å². The zero-order valence-corrected chi connectivity index (χ0v) is 13.4. The monoisotopic (exact) mass is 320 g/mol. The fraction of sp³-hybridized carbons (Fsp3) is 0.412. The summed E-state index contributed by atoms with van der Waals surface area (Å²) >= 11 is 0. The maximum absolute atomic E-state index is 11.8. The highest BCUT2D eigenvalue weighted by Crippen LogP contribution is 2.38. The van der Waals surface area contributed by atoms with Gasteiger partial charge in [-0.2, -0.15) is 0 Å². The van der Waals surface area contributed by atoms with Crippen LogP contribution in [0.15, 0.2) is 17.7 Å². The molecule has 23 heavy (non-hydrogen) atoms. The lowest BCUT2D eigenvalue weighted by Crippen LogP contribution is -2.02. The molecule has 0 bridgehead atoms. The summed E-state index contributed by atoms with van der Waals surface area (Å²) < 4.78 is 10.3. The van der Waals surface area contributed by atoms with Crippen LogP contribution in [0.2, 0.25) is 0 Å². The molecular formula is C17H20O6. The normalized spacial score (nSPS) is 17.0. The molecule has 0 spiro atoms. The summed E-state index contributed by atoms with van der Waals surface area (Å²) in [5.41, 5.74) is 3.22. The van der Waals surface area contributed by atoms with Crippen LogP contribution in [0.5, 0.6) is 5.75 Å². The summed E-state index contributed by atoms with van der Waals surface area (Å²) in [6.45, 7) is 3.64. The molecule has 0 aromatic heterocycles. The SMILES string of the molecule is COc1c(C/C=C(\C)CCC(=O)O)cc2c(c1C)C(O)OC2=O. The number of aliphatic hydroxyl groups excluding tert-OH is 1. The van der Waals surface area contributed by atoms with Crippen molar-refractivity contribution in [3.63, 3.8) is 0 Å². The molecule has 0 saturated carbocycles. The Kier molecular flexibility index (Phi) is 5.05. The maximum Gasteiger partial charge on any atom is 0.341 e. The Labute approximate surface area is 134 Å². The predicted molar refractivity (Wildman–Crippen MR) is 82.4 cm³/mol. The average Bonchev–Trinajstić information content (AvgIpc) is 2.77. The fourth-order valence-electron chi connectivity index (χ4n) is 2.72. The average molecular weight is 320 g/mol. The van der Waals surface area contributed by atoms with Gasteiger partial charge in [0.15, 0.2) is 0 Å².